The molecular weight excluding hydrogens is 332 g/mol. The number of amides is 1. The molecule has 0 aromatic heterocycles. The molecule has 1 aliphatic rings. The molecule has 0 radical (unpaired) electrons. The number of nitrogens with zero attached hydrogens (tertiary/aromatic N) is 1. The molecule has 7 heteroatoms. The maximum Gasteiger partial charge on any atom is 0.243 e. The van der Waals surface area contributed by atoms with Gasteiger partial charge in [0.15, 0.2) is 0 Å². The van der Waals surface area contributed by atoms with E-state index in [0.717, 1.165) is 24.2 Å². The first-order chi connectivity index (χ1) is 10.9. The SMILES string of the molecule is CCC(C)NC(=O)CSc1ccc(S(=O)(=O)N2CCCC2)cc1. The zero-order valence-electron chi connectivity index (χ0n) is 13.6. The van der Waals surface area contributed by atoms with E-state index in [9.17, 15) is 13.2 Å². The molecule has 1 amide bonds. The van der Waals surface area contributed by atoms with Crippen molar-refractivity contribution in [3.05, 3.63) is 24.3 Å². The van der Waals surface area contributed by atoms with Crippen LogP contribution in [0, 0.1) is 0 Å². The second-order valence-electron chi connectivity index (χ2n) is 5.75. The topological polar surface area (TPSA) is 66.5 Å². The normalized spacial score (nSPS) is 17.1. The van der Waals surface area contributed by atoms with Crippen LogP contribution in [-0.4, -0.2) is 43.5 Å². The first kappa shape index (κ1) is 18.3. The van der Waals surface area contributed by atoms with E-state index in [1.165, 1.54) is 16.1 Å². The van der Waals surface area contributed by atoms with Gasteiger partial charge in [0.25, 0.3) is 0 Å². The molecule has 1 heterocycles. The molecule has 2 rings (SSSR count). The van der Waals surface area contributed by atoms with Crippen LogP contribution in [0.25, 0.3) is 0 Å². The Balaban J connectivity index is 1.93. The summed E-state index contributed by atoms with van der Waals surface area (Å²) in [6.07, 6.45) is 2.76. The number of thioether (sulfide) groups is 1. The summed E-state index contributed by atoms with van der Waals surface area (Å²) in [4.78, 5) is 13.0. The first-order valence-electron chi connectivity index (χ1n) is 7.96. The number of sulfonamides is 1. The quantitative estimate of drug-likeness (QED) is 0.762. The van der Waals surface area contributed by atoms with Gasteiger partial charge in [0.2, 0.25) is 15.9 Å². The highest BCUT2D eigenvalue weighted by atomic mass is 32.2. The van der Waals surface area contributed by atoms with E-state index in [4.69, 9.17) is 0 Å². The maximum absolute atomic E-state index is 12.4. The van der Waals surface area contributed by atoms with Crippen LogP contribution in [0.4, 0.5) is 0 Å². The lowest BCUT2D eigenvalue weighted by molar-refractivity contribution is -0.119. The molecule has 1 aromatic carbocycles. The predicted octanol–water partition coefficient (Wildman–Crippen LogP) is 2.48. The van der Waals surface area contributed by atoms with Gasteiger partial charge in [-0.25, -0.2) is 8.42 Å². The number of hydrogen-bond acceptors (Lipinski definition) is 4. The molecule has 23 heavy (non-hydrogen) atoms. The van der Waals surface area contributed by atoms with Crippen LogP contribution in [0.1, 0.15) is 33.1 Å². The lowest BCUT2D eigenvalue weighted by Gasteiger charge is -2.15. The van der Waals surface area contributed by atoms with Crippen molar-refractivity contribution < 1.29 is 13.2 Å². The van der Waals surface area contributed by atoms with Gasteiger partial charge in [-0.3, -0.25) is 4.79 Å². The molecule has 1 atom stereocenters. The largest absolute Gasteiger partial charge is 0.353 e. The second-order valence-corrected chi connectivity index (χ2v) is 8.73. The Morgan fingerprint density at radius 2 is 1.87 bits per heavy atom. The summed E-state index contributed by atoms with van der Waals surface area (Å²) in [5.74, 6) is 0.334. The number of rotatable bonds is 7. The van der Waals surface area contributed by atoms with Gasteiger partial charge in [-0.1, -0.05) is 6.92 Å². The summed E-state index contributed by atoms with van der Waals surface area (Å²) in [7, 11) is -3.36. The minimum Gasteiger partial charge on any atom is -0.353 e. The summed E-state index contributed by atoms with van der Waals surface area (Å²) in [5, 5.41) is 2.91. The van der Waals surface area contributed by atoms with Gasteiger partial charge in [0.05, 0.1) is 10.6 Å². The van der Waals surface area contributed by atoms with Crippen LogP contribution in [-0.2, 0) is 14.8 Å². The maximum atomic E-state index is 12.4. The van der Waals surface area contributed by atoms with E-state index in [1.807, 2.05) is 13.8 Å². The van der Waals surface area contributed by atoms with Gasteiger partial charge in [0.1, 0.15) is 0 Å². The molecule has 128 valence electrons. The Hall–Kier alpha value is -1.05. The van der Waals surface area contributed by atoms with Crippen LogP contribution in [0.3, 0.4) is 0 Å². The molecule has 1 N–H and O–H groups in total. The minimum absolute atomic E-state index is 0.00175. The second kappa shape index (κ2) is 8.17. The Kier molecular flexibility index (Phi) is 6.50. The van der Waals surface area contributed by atoms with Gasteiger partial charge in [-0.15, -0.1) is 11.8 Å². The molecule has 0 spiro atoms. The van der Waals surface area contributed by atoms with E-state index in [0.29, 0.717) is 23.7 Å². The van der Waals surface area contributed by atoms with Crippen molar-refractivity contribution in [3.8, 4) is 0 Å². The zero-order valence-corrected chi connectivity index (χ0v) is 15.3. The standard InChI is InChI=1S/C16H24N2O3S2/c1-3-13(2)17-16(19)12-22-14-6-8-15(9-7-14)23(20,21)18-10-4-5-11-18/h6-9,13H,3-5,10-12H2,1-2H3,(H,17,19). The number of hydrogen-bond donors (Lipinski definition) is 1. The van der Waals surface area contributed by atoms with Crippen LogP contribution in [0.15, 0.2) is 34.1 Å². The van der Waals surface area contributed by atoms with E-state index in [-0.39, 0.29) is 11.9 Å². The molecule has 1 saturated heterocycles. The van der Waals surface area contributed by atoms with E-state index in [1.54, 1.807) is 24.3 Å². The zero-order chi connectivity index (χ0) is 16.9. The van der Waals surface area contributed by atoms with Gasteiger partial charge in [-0.05, 0) is 50.5 Å². The smallest absolute Gasteiger partial charge is 0.243 e. The number of benzene rings is 1. The monoisotopic (exact) mass is 356 g/mol. The van der Waals surface area contributed by atoms with E-state index in [2.05, 4.69) is 5.32 Å². The molecule has 1 unspecified atom stereocenters. The average Bonchev–Trinajstić information content (AvgIpc) is 3.08. The van der Waals surface area contributed by atoms with Crippen molar-refractivity contribution >= 4 is 27.7 Å². The minimum atomic E-state index is -3.36. The van der Waals surface area contributed by atoms with Gasteiger partial charge < -0.3 is 5.32 Å². The van der Waals surface area contributed by atoms with Crippen LogP contribution >= 0.6 is 11.8 Å². The Morgan fingerprint density at radius 1 is 1.26 bits per heavy atom. The third kappa shape index (κ3) is 4.96. The lowest BCUT2D eigenvalue weighted by atomic mass is 10.3. The molecule has 0 bridgehead atoms. The van der Waals surface area contributed by atoms with Crippen LogP contribution < -0.4 is 5.32 Å². The summed E-state index contributed by atoms with van der Waals surface area (Å²) in [6, 6.07) is 6.97. The summed E-state index contributed by atoms with van der Waals surface area (Å²) in [5.41, 5.74) is 0. The van der Waals surface area contributed by atoms with Crippen molar-refractivity contribution in [2.24, 2.45) is 0 Å². The predicted molar refractivity (Wildman–Crippen MR) is 93.1 cm³/mol. The molecule has 1 fully saturated rings. The van der Waals surface area contributed by atoms with Crippen molar-refractivity contribution in [1.82, 2.24) is 9.62 Å². The molecule has 0 aliphatic carbocycles. The molecule has 5 nitrogen and oxygen atoms in total. The fraction of sp³-hybridized carbons (Fsp3) is 0.562. The molecule has 1 aromatic rings. The van der Waals surface area contributed by atoms with E-state index < -0.39 is 10.0 Å². The Morgan fingerprint density at radius 3 is 2.43 bits per heavy atom. The highest BCUT2D eigenvalue weighted by Gasteiger charge is 2.26. The Labute approximate surface area is 142 Å². The summed E-state index contributed by atoms with van der Waals surface area (Å²) in [6.45, 7) is 5.21. The summed E-state index contributed by atoms with van der Waals surface area (Å²) < 4.78 is 26.4. The third-order valence-corrected chi connectivity index (χ3v) is 6.84. The lowest BCUT2D eigenvalue weighted by Crippen LogP contribution is -2.33. The average molecular weight is 357 g/mol. The molecule has 1 aliphatic heterocycles. The van der Waals surface area contributed by atoms with Gasteiger partial charge >= 0.3 is 0 Å². The number of carbonyl (C=O) groups is 1. The van der Waals surface area contributed by atoms with Gasteiger partial charge in [-0.2, -0.15) is 4.31 Å². The highest BCUT2D eigenvalue weighted by Crippen LogP contribution is 2.24. The molecule has 0 saturated carbocycles. The van der Waals surface area contributed by atoms with Gasteiger partial charge in [0, 0.05) is 24.0 Å². The van der Waals surface area contributed by atoms with Crippen molar-refractivity contribution in [3.63, 3.8) is 0 Å². The highest BCUT2D eigenvalue weighted by molar-refractivity contribution is 8.00. The number of carbonyl (C=O) groups excluding carboxylic acids is 1. The first-order valence-corrected chi connectivity index (χ1v) is 10.4. The van der Waals surface area contributed by atoms with Crippen molar-refractivity contribution in [1.29, 1.82) is 0 Å². The van der Waals surface area contributed by atoms with E-state index >= 15 is 0 Å². The van der Waals surface area contributed by atoms with Crippen LogP contribution in [0.2, 0.25) is 0 Å². The fourth-order valence-electron chi connectivity index (χ4n) is 2.35. The molecular formula is C16H24N2O3S2. The fourth-order valence-corrected chi connectivity index (χ4v) is 4.58. The summed E-state index contributed by atoms with van der Waals surface area (Å²) >= 11 is 1.41. The third-order valence-electron chi connectivity index (χ3n) is 3.92. The Bertz CT molecular complexity index is 623. The number of nitrogens with one attached hydrogen (secondary N) is 1. The van der Waals surface area contributed by atoms with Crippen LogP contribution in [0.5, 0.6) is 0 Å². The van der Waals surface area contributed by atoms with Crippen molar-refractivity contribution in [2.45, 2.75) is 48.9 Å². The van der Waals surface area contributed by atoms with Crippen molar-refractivity contribution in [2.75, 3.05) is 18.8 Å².